The van der Waals surface area contributed by atoms with Crippen molar-refractivity contribution in [3.05, 3.63) is 32.6 Å². The lowest BCUT2D eigenvalue weighted by Gasteiger charge is -2.17. The van der Waals surface area contributed by atoms with Crippen molar-refractivity contribution in [1.29, 1.82) is 0 Å². The van der Waals surface area contributed by atoms with E-state index < -0.39 is 23.4 Å². The highest BCUT2D eigenvalue weighted by Gasteiger charge is 2.37. The molecule has 0 aromatic carbocycles. The van der Waals surface area contributed by atoms with Crippen molar-refractivity contribution in [2.24, 2.45) is 0 Å². The molecule has 3 atom stereocenters. The number of carbonyl (C=O) groups is 2. The number of aromatic amines is 1. The Morgan fingerprint density at radius 2 is 2.03 bits per heavy atom. The first-order valence-corrected chi connectivity index (χ1v) is 10.6. The van der Waals surface area contributed by atoms with Gasteiger partial charge in [-0.2, -0.15) is 0 Å². The first-order chi connectivity index (χ1) is 15.4. The van der Waals surface area contributed by atoms with Crippen molar-refractivity contribution in [3.8, 4) is 11.8 Å². The van der Waals surface area contributed by atoms with Gasteiger partial charge >= 0.3 is 5.69 Å². The van der Waals surface area contributed by atoms with Gasteiger partial charge in [0.2, 0.25) is 5.91 Å². The predicted molar refractivity (Wildman–Crippen MR) is 115 cm³/mol. The molecule has 0 radical (unpaired) electrons. The molecular weight excluding hydrogens is 420 g/mol. The van der Waals surface area contributed by atoms with Crippen molar-refractivity contribution in [1.82, 2.24) is 20.2 Å². The standard InChI is InChI=1S/C21H30N4O7/c1-4-6-17(26)22-9-10-23-18(27)8-7-14-12-25(21(29)24-20(14)28)19-11-15(30-3)16(32-19)13-31-5-2/h12,15-16,19H,4-6,9-11,13H2,1-3H3,(H,22,26)(H,23,27)(H,24,28,29)/t15-,16?,19-/m1/s1. The molecule has 176 valence electrons. The van der Waals surface area contributed by atoms with Crippen LogP contribution < -0.4 is 21.9 Å². The molecule has 1 aromatic heterocycles. The highest BCUT2D eigenvalue weighted by atomic mass is 16.6. The zero-order chi connectivity index (χ0) is 23.5. The van der Waals surface area contributed by atoms with Gasteiger partial charge < -0.3 is 24.8 Å². The molecule has 1 aromatic rings. The zero-order valence-electron chi connectivity index (χ0n) is 18.6. The molecule has 1 unspecified atom stereocenters. The first kappa shape index (κ1) is 25.3. The van der Waals surface area contributed by atoms with Crippen molar-refractivity contribution in [2.75, 3.05) is 33.4 Å². The number of nitrogens with one attached hydrogen (secondary N) is 3. The van der Waals surface area contributed by atoms with Gasteiger partial charge in [-0.25, -0.2) is 4.79 Å². The fourth-order valence-corrected chi connectivity index (χ4v) is 3.15. The van der Waals surface area contributed by atoms with Crippen LogP contribution in [0, 0.1) is 11.8 Å². The first-order valence-electron chi connectivity index (χ1n) is 10.6. The number of amides is 2. The molecule has 0 aliphatic carbocycles. The number of methoxy groups -OCH3 is 1. The van der Waals surface area contributed by atoms with Crippen LogP contribution in [0.3, 0.4) is 0 Å². The molecule has 0 spiro atoms. The van der Waals surface area contributed by atoms with Gasteiger partial charge in [-0.15, -0.1) is 0 Å². The van der Waals surface area contributed by atoms with Gasteiger partial charge in [0, 0.05) is 51.8 Å². The summed E-state index contributed by atoms with van der Waals surface area (Å²) >= 11 is 0. The molecule has 11 nitrogen and oxygen atoms in total. The van der Waals surface area contributed by atoms with Crippen molar-refractivity contribution in [3.63, 3.8) is 0 Å². The average molecular weight is 450 g/mol. The molecule has 11 heteroatoms. The van der Waals surface area contributed by atoms with Crippen LogP contribution in [0.25, 0.3) is 0 Å². The number of aromatic nitrogens is 2. The van der Waals surface area contributed by atoms with Gasteiger partial charge in [0.1, 0.15) is 17.9 Å². The van der Waals surface area contributed by atoms with Gasteiger partial charge in [0.15, 0.2) is 0 Å². The summed E-state index contributed by atoms with van der Waals surface area (Å²) in [6.45, 7) is 5.08. The maximum absolute atomic E-state index is 12.3. The Hall–Kier alpha value is -2.94. The number of H-pyrrole nitrogens is 1. The minimum atomic E-state index is -0.703. The summed E-state index contributed by atoms with van der Waals surface area (Å²) in [5.41, 5.74) is -1.41. The number of carbonyl (C=O) groups excluding carboxylic acids is 2. The maximum Gasteiger partial charge on any atom is 0.330 e. The minimum absolute atomic E-state index is 0.0539. The SMILES string of the molecule is CCCC(=O)NCCNC(=O)C#Cc1cn([C@H]2C[C@@H](OC)C(COCC)O2)c(=O)[nH]c1=O. The van der Waals surface area contributed by atoms with Crippen LogP contribution in [0.5, 0.6) is 0 Å². The topological polar surface area (TPSA) is 141 Å². The summed E-state index contributed by atoms with van der Waals surface area (Å²) in [4.78, 5) is 49.9. The molecule has 0 bridgehead atoms. The normalized spacial score (nSPS) is 19.8. The van der Waals surface area contributed by atoms with E-state index in [0.29, 0.717) is 26.1 Å². The number of hydrogen-bond acceptors (Lipinski definition) is 7. The summed E-state index contributed by atoms with van der Waals surface area (Å²) in [6, 6.07) is 0. The number of hydrogen-bond donors (Lipinski definition) is 3. The fraction of sp³-hybridized carbons (Fsp3) is 0.619. The molecular formula is C21H30N4O7. The number of rotatable bonds is 10. The number of nitrogens with zero attached hydrogens (tertiary/aromatic N) is 1. The van der Waals surface area contributed by atoms with E-state index in [1.165, 1.54) is 10.8 Å². The van der Waals surface area contributed by atoms with Crippen molar-refractivity contribution >= 4 is 11.8 Å². The van der Waals surface area contributed by atoms with Gasteiger partial charge in [-0.05, 0) is 19.3 Å². The van der Waals surface area contributed by atoms with E-state index in [-0.39, 0.29) is 36.8 Å². The summed E-state index contributed by atoms with van der Waals surface area (Å²) in [6.07, 6.45) is 1.52. The summed E-state index contributed by atoms with van der Waals surface area (Å²) in [7, 11) is 1.55. The Kier molecular flexibility index (Phi) is 10.1. The van der Waals surface area contributed by atoms with Crippen LogP contribution in [0.1, 0.15) is 44.9 Å². The third kappa shape index (κ3) is 7.33. The van der Waals surface area contributed by atoms with Crippen molar-refractivity contribution in [2.45, 2.75) is 51.5 Å². The van der Waals surface area contributed by atoms with E-state index in [1.807, 2.05) is 13.8 Å². The van der Waals surface area contributed by atoms with E-state index in [0.717, 1.165) is 6.42 Å². The van der Waals surface area contributed by atoms with Crippen LogP contribution in [0.15, 0.2) is 15.8 Å². The minimum Gasteiger partial charge on any atom is -0.379 e. The summed E-state index contributed by atoms with van der Waals surface area (Å²) in [5, 5.41) is 5.19. The predicted octanol–water partition coefficient (Wildman–Crippen LogP) is -0.740. The molecule has 1 saturated heterocycles. The highest BCUT2D eigenvalue weighted by Crippen LogP contribution is 2.29. The molecule has 1 fully saturated rings. The van der Waals surface area contributed by atoms with E-state index in [1.54, 1.807) is 7.11 Å². The smallest absolute Gasteiger partial charge is 0.330 e. The zero-order valence-corrected chi connectivity index (χ0v) is 18.6. The van der Waals surface area contributed by atoms with Crippen molar-refractivity contribution < 1.29 is 23.8 Å². The van der Waals surface area contributed by atoms with Gasteiger partial charge in [-0.3, -0.25) is 23.9 Å². The fourth-order valence-electron chi connectivity index (χ4n) is 3.15. The van der Waals surface area contributed by atoms with E-state index in [9.17, 15) is 19.2 Å². The molecule has 32 heavy (non-hydrogen) atoms. The lowest BCUT2D eigenvalue weighted by atomic mass is 10.2. The van der Waals surface area contributed by atoms with Gasteiger partial charge in [0.05, 0.1) is 12.7 Å². The monoisotopic (exact) mass is 450 g/mol. The molecule has 1 aliphatic heterocycles. The second-order valence-corrected chi connectivity index (χ2v) is 7.11. The van der Waals surface area contributed by atoms with Crippen LogP contribution in [-0.2, 0) is 23.8 Å². The van der Waals surface area contributed by atoms with Crippen LogP contribution in [0.2, 0.25) is 0 Å². The Morgan fingerprint density at radius 1 is 1.28 bits per heavy atom. The third-order valence-corrected chi connectivity index (χ3v) is 4.77. The van der Waals surface area contributed by atoms with Crippen LogP contribution in [-0.4, -0.2) is 67.0 Å². The molecule has 0 saturated carbocycles. The lowest BCUT2D eigenvalue weighted by molar-refractivity contribution is -0.121. The Morgan fingerprint density at radius 3 is 2.72 bits per heavy atom. The average Bonchev–Trinajstić information content (AvgIpc) is 3.17. The highest BCUT2D eigenvalue weighted by molar-refractivity contribution is 5.94. The van der Waals surface area contributed by atoms with Gasteiger partial charge in [0.25, 0.3) is 11.5 Å². The Labute approximate surface area is 185 Å². The summed E-state index contributed by atoms with van der Waals surface area (Å²) in [5.74, 6) is 4.09. The maximum atomic E-state index is 12.3. The second-order valence-electron chi connectivity index (χ2n) is 7.11. The quantitative estimate of drug-likeness (QED) is 0.315. The van der Waals surface area contributed by atoms with E-state index in [2.05, 4.69) is 27.5 Å². The molecule has 2 amide bonds. The van der Waals surface area contributed by atoms with Crippen LogP contribution >= 0.6 is 0 Å². The number of ether oxygens (including phenoxy) is 3. The Balaban J connectivity index is 2.04. The van der Waals surface area contributed by atoms with E-state index >= 15 is 0 Å². The molecule has 2 rings (SSSR count). The van der Waals surface area contributed by atoms with Gasteiger partial charge in [-0.1, -0.05) is 6.92 Å². The second kappa shape index (κ2) is 12.8. The Bertz CT molecular complexity index is 959. The third-order valence-electron chi connectivity index (χ3n) is 4.77. The largest absolute Gasteiger partial charge is 0.379 e. The lowest BCUT2D eigenvalue weighted by Crippen LogP contribution is -2.34. The van der Waals surface area contributed by atoms with Crippen LogP contribution in [0.4, 0.5) is 0 Å². The molecule has 2 heterocycles. The molecule has 3 N–H and O–H groups in total. The summed E-state index contributed by atoms with van der Waals surface area (Å²) < 4.78 is 17.9. The molecule has 1 aliphatic rings. The van der Waals surface area contributed by atoms with E-state index in [4.69, 9.17) is 14.2 Å².